The van der Waals surface area contributed by atoms with Gasteiger partial charge in [-0.15, -0.1) is 0 Å². The third-order valence-electron chi connectivity index (χ3n) is 1.73. The van der Waals surface area contributed by atoms with Gasteiger partial charge in [0.15, 0.2) is 0 Å². The van der Waals surface area contributed by atoms with Crippen LogP contribution in [0.4, 0.5) is 0 Å². The predicted octanol–water partition coefficient (Wildman–Crippen LogP) is 2.11. The average molecular weight is 331 g/mol. The molecule has 7 heteroatoms. The quantitative estimate of drug-likeness (QED) is 0.478. The second kappa shape index (κ2) is 6.63. The average Bonchev–Trinajstić information content (AvgIpc) is 2.27. The van der Waals surface area contributed by atoms with E-state index in [4.69, 9.17) is 9.57 Å². The van der Waals surface area contributed by atoms with Gasteiger partial charge in [0, 0.05) is 6.20 Å². The van der Waals surface area contributed by atoms with Crippen molar-refractivity contribution in [3.05, 3.63) is 30.1 Å². The number of pyridine rings is 1. The molecule has 0 unspecified atom stereocenters. The molecule has 104 valence electrons. The van der Waals surface area contributed by atoms with Crippen molar-refractivity contribution in [3.63, 3.8) is 0 Å². The molecule has 0 aliphatic carbocycles. The van der Waals surface area contributed by atoms with E-state index >= 15 is 0 Å². The standard InChI is InChI=1S/C12H15BrN2O4/c1-12(2,3)18-10(16)8-15(13)19-11(17)9-6-4-5-7-14-9/h4-7H,8H2,1-3H3. The summed E-state index contributed by atoms with van der Waals surface area (Å²) in [6.07, 6.45) is 1.48. The van der Waals surface area contributed by atoms with Gasteiger partial charge in [-0.05, 0) is 32.9 Å². The minimum Gasteiger partial charge on any atom is -0.459 e. The fourth-order valence-electron chi connectivity index (χ4n) is 1.13. The lowest BCUT2D eigenvalue weighted by Crippen LogP contribution is -2.31. The van der Waals surface area contributed by atoms with Crippen LogP contribution in [0.15, 0.2) is 24.4 Å². The highest BCUT2D eigenvalue weighted by atomic mass is 79.9. The molecule has 0 spiro atoms. The van der Waals surface area contributed by atoms with Crippen LogP contribution in [0.2, 0.25) is 0 Å². The zero-order valence-corrected chi connectivity index (χ0v) is 12.5. The Kier molecular flexibility index (Phi) is 5.44. The Bertz CT molecular complexity index is 445. The Morgan fingerprint density at radius 2 is 2.05 bits per heavy atom. The summed E-state index contributed by atoms with van der Waals surface area (Å²) in [4.78, 5) is 31.8. The van der Waals surface area contributed by atoms with E-state index in [0.29, 0.717) is 0 Å². The Hall–Kier alpha value is -1.47. The van der Waals surface area contributed by atoms with E-state index < -0.39 is 17.5 Å². The first-order valence-corrected chi connectivity index (χ1v) is 6.27. The fourth-order valence-corrected chi connectivity index (χ4v) is 1.46. The molecule has 0 N–H and O–H groups in total. The maximum Gasteiger partial charge on any atom is 0.376 e. The van der Waals surface area contributed by atoms with Crippen LogP contribution in [0, 0.1) is 0 Å². The zero-order chi connectivity index (χ0) is 14.5. The molecular weight excluding hydrogens is 316 g/mol. The first-order chi connectivity index (χ1) is 8.78. The molecule has 0 aliphatic rings. The molecule has 1 aromatic heterocycles. The summed E-state index contributed by atoms with van der Waals surface area (Å²) < 4.78 is 6.01. The summed E-state index contributed by atoms with van der Waals surface area (Å²) in [7, 11) is 0. The first-order valence-electron chi connectivity index (χ1n) is 5.56. The van der Waals surface area contributed by atoms with Crippen molar-refractivity contribution in [2.75, 3.05) is 6.54 Å². The monoisotopic (exact) mass is 330 g/mol. The molecule has 1 rings (SSSR count). The predicted molar refractivity (Wildman–Crippen MR) is 71.1 cm³/mol. The van der Waals surface area contributed by atoms with Gasteiger partial charge in [0.05, 0.1) is 16.1 Å². The van der Waals surface area contributed by atoms with Crippen LogP contribution in [0.25, 0.3) is 0 Å². The Labute approximate surface area is 120 Å². The molecule has 0 amide bonds. The highest BCUT2D eigenvalue weighted by molar-refractivity contribution is 9.07. The van der Waals surface area contributed by atoms with E-state index in [1.54, 1.807) is 32.9 Å². The second-order valence-electron chi connectivity index (χ2n) is 4.66. The maximum atomic E-state index is 11.6. The molecule has 0 saturated heterocycles. The second-order valence-corrected chi connectivity index (χ2v) is 5.45. The topological polar surface area (TPSA) is 68.7 Å². The number of hydrogen-bond acceptors (Lipinski definition) is 6. The summed E-state index contributed by atoms with van der Waals surface area (Å²) in [5.74, 6) is -1.18. The molecule has 0 bridgehead atoms. The van der Waals surface area contributed by atoms with Crippen LogP contribution in [0.3, 0.4) is 0 Å². The number of aromatic nitrogens is 1. The highest BCUT2D eigenvalue weighted by Crippen LogP contribution is 2.10. The van der Waals surface area contributed by atoms with Gasteiger partial charge < -0.3 is 9.57 Å². The van der Waals surface area contributed by atoms with Crippen LogP contribution < -0.4 is 0 Å². The van der Waals surface area contributed by atoms with E-state index in [1.807, 2.05) is 0 Å². The lowest BCUT2D eigenvalue weighted by atomic mass is 10.2. The van der Waals surface area contributed by atoms with E-state index in [2.05, 4.69) is 21.1 Å². The molecule has 19 heavy (non-hydrogen) atoms. The van der Waals surface area contributed by atoms with Crippen molar-refractivity contribution in [3.8, 4) is 0 Å². The van der Waals surface area contributed by atoms with Gasteiger partial charge in [0.2, 0.25) is 0 Å². The maximum absolute atomic E-state index is 11.6. The van der Waals surface area contributed by atoms with E-state index in [9.17, 15) is 9.59 Å². The number of ether oxygens (including phenoxy) is 1. The Balaban J connectivity index is 2.45. The Morgan fingerprint density at radius 3 is 2.58 bits per heavy atom. The summed E-state index contributed by atoms with van der Waals surface area (Å²) in [5, 5.41) is 0. The number of nitrogens with zero attached hydrogens (tertiary/aromatic N) is 2. The molecule has 1 aromatic rings. The molecule has 0 fully saturated rings. The summed E-state index contributed by atoms with van der Waals surface area (Å²) >= 11 is 2.95. The first kappa shape index (κ1) is 15.6. The van der Waals surface area contributed by atoms with Gasteiger partial charge in [-0.1, -0.05) is 10.2 Å². The number of hydrogen-bond donors (Lipinski definition) is 0. The molecule has 0 aliphatic heterocycles. The molecule has 1 heterocycles. The van der Waals surface area contributed by atoms with Crippen molar-refractivity contribution >= 4 is 28.1 Å². The van der Waals surface area contributed by atoms with Crippen molar-refractivity contribution in [1.82, 2.24) is 9.07 Å². The number of hydroxylamine groups is 1. The molecule has 0 radical (unpaired) electrons. The number of esters is 1. The summed E-state index contributed by atoms with van der Waals surface area (Å²) in [6.45, 7) is 5.03. The van der Waals surface area contributed by atoms with Crippen molar-refractivity contribution < 1.29 is 19.2 Å². The Morgan fingerprint density at radius 1 is 1.37 bits per heavy atom. The van der Waals surface area contributed by atoms with Crippen LogP contribution in [0.5, 0.6) is 0 Å². The van der Waals surface area contributed by atoms with Crippen LogP contribution in [-0.4, -0.2) is 33.2 Å². The van der Waals surface area contributed by atoms with Gasteiger partial charge in [-0.2, -0.15) is 0 Å². The third-order valence-corrected chi connectivity index (χ3v) is 2.12. The minimum absolute atomic E-state index is 0.149. The largest absolute Gasteiger partial charge is 0.459 e. The number of rotatable bonds is 4. The van der Waals surface area contributed by atoms with Crippen LogP contribution in [-0.2, 0) is 14.4 Å². The smallest absolute Gasteiger partial charge is 0.376 e. The van der Waals surface area contributed by atoms with Gasteiger partial charge in [0.1, 0.15) is 17.8 Å². The zero-order valence-electron chi connectivity index (χ0n) is 10.9. The molecule has 6 nitrogen and oxygen atoms in total. The van der Waals surface area contributed by atoms with E-state index in [0.717, 1.165) is 4.09 Å². The van der Waals surface area contributed by atoms with Crippen molar-refractivity contribution in [2.24, 2.45) is 0 Å². The van der Waals surface area contributed by atoms with Crippen LogP contribution in [0.1, 0.15) is 31.3 Å². The number of halogens is 1. The molecular formula is C12H15BrN2O4. The van der Waals surface area contributed by atoms with Gasteiger partial charge in [-0.25, -0.2) is 9.78 Å². The summed E-state index contributed by atoms with van der Waals surface area (Å²) in [5.41, 5.74) is -0.438. The third kappa shape index (κ3) is 6.30. The van der Waals surface area contributed by atoms with E-state index in [-0.39, 0.29) is 12.2 Å². The lowest BCUT2D eigenvalue weighted by molar-refractivity contribution is -0.159. The minimum atomic E-state index is -0.666. The highest BCUT2D eigenvalue weighted by Gasteiger charge is 2.20. The van der Waals surface area contributed by atoms with Gasteiger partial charge in [0.25, 0.3) is 0 Å². The fraction of sp³-hybridized carbons (Fsp3) is 0.417. The molecule has 0 aromatic carbocycles. The SMILES string of the molecule is CC(C)(C)OC(=O)CN(Br)OC(=O)c1ccccn1. The lowest BCUT2D eigenvalue weighted by Gasteiger charge is -2.20. The van der Waals surface area contributed by atoms with Crippen LogP contribution >= 0.6 is 16.1 Å². The molecule has 0 saturated carbocycles. The van der Waals surface area contributed by atoms with Crippen molar-refractivity contribution in [1.29, 1.82) is 0 Å². The normalized spacial score (nSPS) is 11.2. The number of carbonyl (C=O) groups excluding carboxylic acids is 2. The van der Waals surface area contributed by atoms with E-state index in [1.165, 1.54) is 12.3 Å². The number of carbonyl (C=O) groups is 2. The van der Waals surface area contributed by atoms with Crippen molar-refractivity contribution in [2.45, 2.75) is 26.4 Å². The van der Waals surface area contributed by atoms with Gasteiger partial charge in [-0.3, -0.25) is 4.79 Å². The van der Waals surface area contributed by atoms with Gasteiger partial charge >= 0.3 is 11.9 Å². The summed E-state index contributed by atoms with van der Waals surface area (Å²) in [6, 6.07) is 4.86. The molecule has 0 atom stereocenters.